The first-order valence-electron chi connectivity index (χ1n) is 10.7. The van der Waals surface area contributed by atoms with Gasteiger partial charge in [-0.2, -0.15) is 5.26 Å². The number of nitrogens with zero attached hydrogens (tertiary/aromatic N) is 3. The number of hydrogen-bond acceptors (Lipinski definition) is 6. The highest BCUT2D eigenvalue weighted by molar-refractivity contribution is 5.43. The summed E-state index contributed by atoms with van der Waals surface area (Å²) in [4.78, 5) is 6.74. The molecule has 2 fully saturated rings. The molecule has 0 amide bonds. The average molecular weight is 407 g/mol. The van der Waals surface area contributed by atoms with Crippen LogP contribution in [0.1, 0.15) is 42.9 Å². The standard InChI is InChI=1S/C24H30N4O2/c1-18(2)21-6-3-19(4-7-21)13-28(22-8-5-20(11-25)12-27-22)10-9-23-29-16-24(17-30-23)14-26-15-24/h3-8,12,18,23,26H,9-10,13-17H2,1-2H3. The number of rotatable bonds is 7. The molecule has 3 heterocycles. The minimum atomic E-state index is -0.180. The predicted octanol–water partition coefficient (Wildman–Crippen LogP) is 3.44. The van der Waals surface area contributed by atoms with Crippen LogP contribution in [0.15, 0.2) is 42.6 Å². The van der Waals surface area contributed by atoms with Gasteiger partial charge in [-0.1, -0.05) is 38.1 Å². The highest BCUT2D eigenvalue weighted by Crippen LogP contribution is 2.29. The summed E-state index contributed by atoms with van der Waals surface area (Å²) in [6.07, 6.45) is 2.22. The second-order valence-electron chi connectivity index (χ2n) is 8.78. The predicted molar refractivity (Wildman–Crippen MR) is 116 cm³/mol. The Hall–Kier alpha value is -2.46. The van der Waals surface area contributed by atoms with Gasteiger partial charge in [0.15, 0.2) is 6.29 Å². The molecule has 0 unspecified atom stereocenters. The maximum absolute atomic E-state index is 9.07. The van der Waals surface area contributed by atoms with Crippen LogP contribution in [0.4, 0.5) is 5.82 Å². The summed E-state index contributed by atoms with van der Waals surface area (Å²) in [7, 11) is 0. The van der Waals surface area contributed by atoms with Crippen LogP contribution in [0, 0.1) is 16.7 Å². The maximum atomic E-state index is 9.07. The van der Waals surface area contributed by atoms with Crippen molar-refractivity contribution in [3.63, 3.8) is 0 Å². The third-order valence-corrected chi connectivity index (χ3v) is 6.01. The van der Waals surface area contributed by atoms with Crippen LogP contribution < -0.4 is 10.2 Å². The second kappa shape index (κ2) is 9.13. The van der Waals surface area contributed by atoms with Crippen LogP contribution in [-0.4, -0.2) is 44.1 Å². The molecule has 6 nitrogen and oxygen atoms in total. The molecular formula is C24H30N4O2. The van der Waals surface area contributed by atoms with E-state index in [0.717, 1.165) is 51.6 Å². The van der Waals surface area contributed by atoms with E-state index < -0.39 is 0 Å². The molecule has 158 valence electrons. The van der Waals surface area contributed by atoms with Crippen LogP contribution in [-0.2, 0) is 16.0 Å². The minimum Gasteiger partial charge on any atom is -0.352 e. The van der Waals surface area contributed by atoms with E-state index in [4.69, 9.17) is 14.7 Å². The zero-order chi connectivity index (χ0) is 21.0. The fourth-order valence-corrected chi connectivity index (χ4v) is 3.88. The van der Waals surface area contributed by atoms with E-state index in [1.165, 1.54) is 11.1 Å². The first-order chi connectivity index (χ1) is 14.6. The first-order valence-corrected chi connectivity index (χ1v) is 10.7. The van der Waals surface area contributed by atoms with Gasteiger partial charge in [-0.15, -0.1) is 0 Å². The van der Waals surface area contributed by atoms with Gasteiger partial charge in [0.2, 0.25) is 0 Å². The molecule has 0 atom stereocenters. The quantitative estimate of drug-likeness (QED) is 0.760. The summed E-state index contributed by atoms with van der Waals surface area (Å²) in [5, 5.41) is 12.4. The maximum Gasteiger partial charge on any atom is 0.159 e. The molecule has 0 saturated carbocycles. The third-order valence-electron chi connectivity index (χ3n) is 6.01. The van der Waals surface area contributed by atoms with Crippen molar-refractivity contribution in [3.8, 4) is 6.07 Å². The van der Waals surface area contributed by atoms with Crippen molar-refractivity contribution in [1.82, 2.24) is 10.3 Å². The molecule has 1 spiro atoms. The van der Waals surface area contributed by atoms with Crippen molar-refractivity contribution in [1.29, 1.82) is 5.26 Å². The van der Waals surface area contributed by atoms with Crippen molar-refractivity contribution in [3.05, 3.63) is 59.3 Å². The number of hydrogen-bond donors (Lipinski definition) is 1. The monoisotopic (exact) mass is 406 g/mol. The van der Waals surface area contributed by atoms with Gasteiger partial charge >= 0.3 is 0 Å². The number of benzene rings is 1. The first kappa shape index (κ1) is 20.8. The highest BCUT2D eigenvalue weighted by Gasteiger charge is 2.41. The Morgan fingerprint density at radius 3 is 2.43 bits per heavy atom. The Bertz CT molecular complexity index is 860. The fourth-order valence-electron chi connectivity index (χ4n) is 3.88. The summed E-state index contributed by atoms with van der Waals surface area (Å²) in [6.45, 7) is 9.40. The fraction of sp³-hybridized carbons (Fsp3) is 0.500. The van der Waals surface area contributed by atoms with Crippen LogP contribution >= 0.6 is 0 Å². The van der Waals surface area contributed by atoms with Crippen LogP contribution in [0.2, 0.25) is 0 Å². The van der Waals surface area contributed by atoms with Gasteiger partial charge in [-0.25, -0.2) is 4.98 Å². The number of nitriles is 1. The summed E-state index contributed by atoms with van der Waals surface area (Å²) in [5.41, 5.74) is 3.32. The van der Waals surface area contributed by atoms with Crippen LogP contribution in [0.25, 0.3) is 0 Å². The van der Waals surface area contributed by atoms with E-state index in [0.29, 0.717) is 11.5 Å². The van der Waals surface area contributed by atoms with E-state index >= 15 is 0 Å². The van der Waals surface area contributed by atoms with Crippen molar-refractivity contribution in [2.24, 2.45) is 5.41 Å². The number of anilines is 1. The van der Waals surface area contributed by atoms with Crippen molar-refractivity contribution in [2.75, 3.05) is 37.7 Å². The van der Waals surface area contributed by atoms with E-state index in [1.807, 2.05) is 12.1 Å². The molecule has 1 aromatic heterocycles. The summed E-state index contributed by atoms with van der Waals surface area (Å²) in [5.74, 6) is 1.38. The lowest BCUT2D eigenvalue weighted by molar-refractivity contribution is -0.239. The summed E-state index contributed by atoms with van der Waals surface area (Å²) < 4.78 is 12.0. The lowest BCUT2D eigenvalue weighted by atomic mass is 9.83. The lowest BCUT2D eigenvalue weighted by Gasteiger charge is -2.46. The normalized spacial score (nSPS) is 18.2. The SMILES string of the molecule is CC(C)c1ccc(CN(CCC2OCC3(CNC3)CO2)c2ccc(C#N)cn2)cc1. The van der Waals surface area contributed by atoms with Gasteiger partial charge in [0, 0.05) is 44.2 Å². The molecule has 4 rings (SSSR count). The Balaban J connectivity index is 1.42. The van der Waals surface area contributed by atoms with E-state index in [-0.39, 0.29) is 11.7 Å². The van der Waals surface area contributed by atoms with Crippen LogP contribution in [0.3, 0.4) is 0 Å². The number of aromatic nitrogens is 1. The van der Waals surface area contributed by atoms with Crippen molar-refractivity contribution < 1.29 is 9.47 Å². The Kier molecular flexibility index (Phi) is 6.33. The third kappa shape index (κ3) is 4.81. The lowest BCUT2D eigenvalue weighted by Crippen LogP contribution is -2.61. The smallest absolute Gasteiger partial charge is 0.159 e. The zero-order valence-corrected chi connectivity index (χ0v) is 17.8. The highest BCUT2D eigenvalue weighted by atomic mass is 16.7. The van der Waals surface area contributed by atoms with Gasteiger partial charge in [-0.05, 0) is 29.2 Å². The van der Waals surface area contributed by atoms with Gasteiger partial charge < -0.3 is 19.7 Å². The Morgan fingerprint density at radius 2 is 1.90 bits per heavy atom. The Labute approximate surface area is 178 Å². The Morgan fingerprint density at radius 1 is 1.17 bits per heavy atom. The molecule has 1 aromatic carbocycles. The molecule has 2 saturated heterocycles. The number of pyridine rings is 1. The minimum absolute atomic E-state index is 0.180. The van der Waals surface area contributed by atoms with Crippen molar-refractivity contribution in [2.45, 2.75) is 39.0 Å². The topological polar surface area (TPSA) is 70.4 Å². The molecule has 2 aliphatic rings. The molecule has 0 radical (unpaired) electrons. The molecule has 30 heavy (non-hydrogen) atoms. The van der Waals surface area contributed by atoms with Gasteiger partial charge in [-0.3, -0.25) is 0 Å². The zero-order valence-electron chi connectivity index (χ0n) is 17.8. The second-order valence-corrected chi connectivity index (χ2v) is 8.78. The summed E-state index contributed by atoms with van der Waals surface area (Å²) in [6, 6.07) is 14.6. The molecule has 2 aliphatic heterocycles. The van der Waals surface area contributed by atoms with Gasteiger partial charge in [0.25, 0.3) is 0 Å². The molecule has 0 aliphatic carbocycles. The van der Waals surface area contributed by atoms with E-state index in [1.54, 1.807) is 6.20 Å². The van der Waals surface area contributed by atoms with Gasteiger partial charge in [0.1, 0.15) is 11.9 Å². The molecular weight excluding hydrogens is 376 g/mol. The average Bonchev–Trinajstić information content (AvgIpc) is 2.76. The van der Waals surface area contributed by atoms with E-state index in [2.05, 4.69) is 59.4 Å². The van der Waals surface area contributed by atoms with Crippen molar-refractivity contribution >= 4 is 5.82 Å². The summed E-state index contributed by atoms with van der Waals surface area (Å²) >= 11 is 0. The number of ether oxygens (including phenoxy) is 2. The molecule has 1 N–H and O–H groups in total. The molecule has 6 heteroatoms. The largest absolute Gasteiger partial charge is 0.352 e. The van der Waals surface area contributed by atoms with E-state index in [9.17, 15) is 0 Å². The van der Waals surface area contributed by atoms with Crippen LogP contribution in [0.5, 0.6) is 0 Å². The number of nitrogens with one attached hydrogen (secondary N) is 1. The molecule has 2 aromatic rings. The van der Waals surface area contributed by atoms with Gasteiger partial charge in [0.05, 0.1) is 18.8 Å². The molecule has 0 bridgehead atoms.